The lowest BCUT2D eigenvalue weighted by atomic mass is 9.92. The number of methoxy groups -OCH3 is 1. The van der Waals surface area contributed by atoms with Crippen LogP contribution in [0, 0.1) is 0 Å². The minimum Gasteiger partial charge on any atom is -0.504 e. The number of aliphatic hydroxyl groups excluding tert-OH is 1. The quantitative estimate of drug-likeness (QED) is 0.763. The lowest BCUT2D eigenvalue weighted by molar-refractivity contribution is 0.173. The van der Waals surface area contributed by atoms with Gasteiger partial charge in [-0.1, -0.05) is 36.4 Å². The molecule has 2 aromatic rings. The molecule has 0 saturated carbocycles. The predicted molar refractivity (Wildman–Crippen MR) is 82.4 cm³/mol. The second-order valence-corrected chi connectivity index (χ2v) is 5.22. The Kier molecular flexibility index (Phi) is 4.83. The summed E-state index contributed by atoms with van der Waals surface area (Å²) in [6.45, 7) is 2.47. The predicted octanol–water partition coefficient (Wildman–Crippen LogP) is 2.40. The molecule has 0 aliphatic carbocycles. The summed E-state index contributed by atoms with van der Waals surface area (Å²) >= 11 is 0. The summed E-state index contributed by atoms with van der Waals surface area (Å²) < 4.78 is 5.03. The molecule has 112 valence electrons. The minimum absolute atomic E-state index is 0.0147. The lowest BCUT2D eigenvalue weighted by Gasteiger charge is -2.29. The van der Waals surface area contributed by atoms with Crippen LogP contribution in [0.3, 0.4) is 0 Å². The van der Waals surface area contributed by atoms with Gasteiger partial charge in [0, 0.05) is 6.54 Å². The van der Waals surface area contributed by atoms with Crippen molar-refractivity contribution in [3.8, 4) is 11.5 Å². The first kappa shape index (κ1) is 15.4. The fraction of sp³-hybridized carbons (Fsp3) is 0.294. The Bertz CT molecular complexity index is 586. The minimum atomic E-state index is -0.531. The summed E-state index contributed by atoms with van der Waals surface area (Å²) in [4.78, 5) is 0. The molecular formula is C17H21NO3. The van der Waals surface area contributed by atoms with Crippen molar-refractivity contribution in [1.82, 2.24) is 5.32 Å². The summed E-state index contributed by atoms with van der Waals surface area (Å²) in [5.41, 5.74) is 1.41. The molecule has 0 amide bonds. The summed E-state index contributed by atoms with van der Waals surface area (Å²) in [7, 11) is 1.52. The third kappa shape index (κ3) is 3.54. The zero-order chi connectivity index (χ0) is 15.3. The fourth-order valence-electron chi connectivity index (χ4n) is 2.20. The number of hydrogen-bond donors (Lipinski definition) is 3. The molecule has 0 aromatic heterocycles. The van der Waals surface area contributed by atoms with Crippen molar-refractivity contribution in [3.05, 3.63) is 59.7 Å². The van der Waals surface area contributed by atoms with Crippen LogP contribution in [-0.4, -0.2) is 23.9 Å². The Balaban J connectivity index is 2.12. The van der Waals surface area contributed by atoms with Crippen molar-refractivity contribution in [2.45, 2.75) is 19.0 Å². The zero-order valence-electron chi connectivity index (χ0n) is 12.3. The number of nitrogens with one attached hydrogen (secondary N) is 1. The van der Waals surface area contributed by atoms with Crippen molar-refractivity contribution < 1.29 is 14.9 Å². The van der Waals surface area contributed by atoms with E-state index in [9.17, 15) is 10.2 Å². The van der Waals surface area contributed by atoms with Gasteiger partial charge >= 0.3 is 0 Å². The molecule has 0 aliphatic rings. The first-order valence-corrected chi connectivity index (χ1v) is 6.86. The number of rotatable bonds is 6. The molecule has 0 spiro atoms. The second kappa shape index (κ2) is 6.61. The first-order valence-electron chi connectivity index (χ1n) is 6.86. The SMILES string of the molecule is COc1ccc(CNC(C)(CO)c2ccccc2)cc1O. The van der Waals surface area contributed by atoms with E-state index in [0.29, 0.717) is 12.3 Å². The van der Waals surface area contributed by atoms with Crippen LogP contribution in [0.2, 0.25) is 0 Å². The maximum Gasteiger partial charge on any atom is 0.160 e. The van der Waals surface area contributed by atoms with Crippen LogP contribution in [0.1, 0.15) is 18.1 Å². The highest BCUT2D eigenvalue weighted by molar-refractivity contribution is 5.41. The molecule has 0 radical (unpaired) electrons. The van der Waals surface area contributed by atoms with E-state index in [1.807, 2.05) is 43.3 Å². The van der Waals surface area contributed by atoms with E-state index in [0.717, 1.165) is 11.1 Å². The van der Waals surface area contributed by atoms with E-state index >= 15 is 0 Å². The normalized spacial score (nSPS) is 13.7. The van der Waals surface area contributed by atoms with Gasteiger partial charge in [0.2, 0.25) is 0 Å². The lowest BCUT2D eigenvalue weighted by Crippen LogP contribution is -2.42. The van der Waals surface area contributed by atoms with Gasteiger partial charge in [-0.25, -0.2) is 0 Å². The highest BCUT2D eigenvalue weighted by Crippen LogP contribution is 2.27. The number of phenols is 1. The van der Waals surface area contributed by atoms with E-state index in [1.54, 1.807) is 12.1 Å². The smallest absolute Gasteiger partial charge is 0.160 e. The average molecular weight is 287 g/mol. The summed E-state index contributed by atoms with van der Waals surface area (Å²) in [5.74, 6) is 0.564. The number of aliphatic hydroxyl groups is 1. The van der Waals surface area contributed by atoms with Crippen molar-refractivity contribution in [3.63, 3.8) is 0 Å². The Morgan fingerprint density at radius 1 is 1.14 bits per heavy atom. The molecule has 0 aliphatic heterocycles. The van der Waals surface area contributed by atoms with E-state index in [-0.39, 0.29) is 12.4 Å². The van der Waals surface area contributed by atoms with Crippen LogP contribution < -0.4 is 10.1 Å². The van der Waals surface area contributed by atoms with Gasteiger partial charge in [-0.2, -0.15) is 0 Å². The first-order chi connectivity index (χ1) is 10.1. The monoisotopic (exact) mass is 287 g/mol. The van der Waals surface area contributed by atoms with Gasteiger partial charge in [0.25, 0.3) is 0 Å². The highest BCUT2D eigenvalue weighted by Gasteiger charge is 2.24. The van der Waals surface area contributed by atoms with E-state index in [4.69, 9.17) is 4.74 Å². The third-order valence-corrected chi connectivity index (χ3v) is 3.65. The molecule has 21 heavy (non-hydrogen) atoms. The van der Waals surface area contributed by atoms with Crippen LogP contribution in [0.15, 0.2) is 48.5 Å². The van der Waals surface area contributed by atoms with Crippen LogP contribution >= 0.6 is 0 Å². The topological polar surface area (TPSA) is 61.7 Å². The molecule has 1 unspecified atom stereocenters. The fourth-order valence-corrected chi connectivity index (χ4v) is 2.20. The Labute approximate surface area is 125 Å². The van der Waals surface area contributed by atoms with E-state index in [2.05, 4.69) is 5.32 Å². The van der Waals surface area contributed by atoms with Crippen LogP contribution in [0.4, 0.5) is 0 Å². The summed E-state index contributed by atoms with van der Waals surface area (Å²) in [6, 6.07) is 15.1. The van der Waals surface area contributed by atoms with Crippen molar-refractivity contribution in [1.29, 1.82) is 0 Å². The molecule has 3 N–H and O–H groups in total. The second-order valence-electron chi connectivity index (χ2n) is 5.22. The summed E-state index contributed by atoms with van der Waals surface area (Å²) in [6.07, 6.45) is 0. The molecule has 0 saturated heterocycles. The number of phenolic OH excluding ortho intramolecular Hbond substituents is 1. The van der Waals surface area contributed by atoms with Crippen LogP contribution in [-0.2, 0) is 12.1 Å². The number of aromatic hydroxyl groups is 1. The van der Waals surface area contributed by atoms with E-state index < -0.39 is 5.54 Å². The van der Waals surface area contributed by atoms with Gasteiger partial charge in [-0.05, 0) is 30.2 Å². The zero-order valence-corrected chi connectivity index (χ0v) is 12.3. The van der Waals surface area contributed by atoms with E-state index in [1.165, 1.54) is 7.11 Å². The third-order valence-electron chi connectivity index (χ3n) is 3.65. The summed E-state index contributed by atoms with van der Waals surface area (Å²) in [5, 5.41) is 22.9. The Morgan fingerprint density at radius 3 is 2.43 bits per heavy atom. The van der Waals surface area contributed by atoms with Crippen molar-refractivity contribution in [2.24, 2.45) is 0 Å². The molecule has 1 atom stereocenters. The maximum atomic E-state index is 9.79. The van der Waals surface area contributed by atoms with Crippen molar-refractivity contribution >= 4 is 0 Å². The molecule has 0 heterocycles. The van der Waals surface area contributed by atoms with Gasteiger partial charge in [-0.15, -0.1) is 0 Å². The van der Waals surface area contributed by atoms with Crippen LogP contribution in [0.5, 0.6) is 11.5 Å². The molecule has 0 fully saturated rings. The molecule has 4 heteroatoms. The highest BCUT2D eigenvalue weighted by atomic mass is 16.5. The molecule has 2 aromatic carbocycles. The average Bonchev–Trinajstić information content (AvgIpc) is 2.53. The van der Waals surface area contributed by atoms with Crippen LogP contribution in [0.25, 0.3) is 0 Å². The molecule has 2 rings (SSSR count). The van der Waals surface area contributed by atoms with Crippen molar-refractivity contribution in [2.75, 3.05) is 13.7 Å². The van der Waals surface area contributed by atoms with Gasteiger partial charge in [0.1, 0.15) is 0 Å². The van der Waals surface area contributed by atoms with Gasteiger partial charge in [0.05, 0.1) is 19.3 Å². The Morgan fingerprint density at radius 2 is 1.86 bits per heavy atom. The molecular weight excluding hydrogens is 266 g/mol. The largest absolute Gasteiger partial charge is 0.504 e. The van der Waals surface area contributed by atoms with Gasteiger partial charge < -0.3 is 20.3 Å². The van der Waals surface area contributed by atoms with Gasteiger partial charge in [-0.3, -0.25) is 0 Å². The number of hydrogen-bond acceptors (Lipinski definition) is 4. The van der Waals surface area contributed by atoms with Gasteiger partial charge in [0.15, 0.2) is 11.5 Å². The number of benzene rings is 2. The molecule has 4 nitrogen and oxygen atoms in total. The number of ether oxygens (including phenoxy) is 1. The Hall–Kier alpha value is -2.04. The standard InChI is InChI=1S/C17H21NO3/c1-17(12-19,14-6-4-3-5-7-14)18-11-13-8-9-16(21-2)15(20)10-13/h3-10,18-20H,11-12H2,1-2H3. The maximum absolute atomic E-state index is 9.79. The molecule has 0 bridgehead atoms.